The largest absolute Gasteiger partial charge is 0.357 e. The van der Waals surface area contributed by atoms with Gasteiger partial charge in [-0.05, 0) is 24.5 Å². The highest BCUT2D eigenvalue weighted by Crippen LogP contribution is 2.24. The van der Waals surface area contributed by atoms with E-state index in [0.717, 1.165) is 18.9 Å². The predicted molar refractivity (Wildman–Crippen MR) is 63.5 cm³/mol. The Morgan fingerprint density at radius 2 is 2.00 bits per heavy atom. The summed E-state index contributed by atoms with van der Waals surface area (Å²) in [6.45, 7) is 1.95. The van der Waals surface area contributed by atoms with Gasteiger partial charge in [-0.2, -0.15) is 0 Å². The summed E-state index contributed by atoms with van der Waals surface area (Å²) in [6.07, 6.45) is 1.44. The van der Waals surface area contributed by atoms with E-state index in [9.17, 15) is 8.78 Å². The van der Waals surface area contributed by atoms with Crippen LogP contribution in [-0.4, -0.2) is 31.0 Å². The van der Waals surface area contributed by atoms with Crippen LogP contribution in [-0.2, 0) is 0 Å². The molecule has 1 aliphatic heterocycles. The van der Waals surface area contributed by atoms with Crippen LogP contribution in [0.25, 0.3) is 0 Å². The maximum atomic E-state index is 12.7. The molecule has 1 aromatic heterocycles. The lowest BCUT2D eigenvalue weighted by atomic mass is 10.0. The van der Waals surface area contributed by atoms with Gasteiger partial charge >= 0.3 is 0 Å². The Morgan fingerprint density at radius 3 is 2.47 bits per heavy atom. The molecule has 17 heavy (non-hydrogen) atoms. The fraction of sp³-hybridized carbons (Fsp3) is 0.583. The number of aromatic nitrogens is 1. The molecule has 0 saturated carbocycles. The van der Waals surface area contributed by atoms with Crippen LogP contribution >= 0.6 is 0 Å². The second-order valence-electron chi connectivity index (χ2n) is 4.32. The quantitative estimate of drug-likeness (QED) is 0.876. The van der Waals surface area contributed by atoms with Crippen LogP contribution in [0.1, 0.15) is 24.3 Å². The Labute approximate surface area is 99.6 Å². The highest BCUT2D eigenvalue weighted by Gasteiger charge is 2.21. The summed E-state index contributed by atoms with van der Waals surface area (Å²) in [5, 5.41) is 0. The number of anilines is 1. The topological polar surface area (TPSA) is 42.1 Å². The number of nitrogens with two attached hydrogens (primary N) is 1. The number of halogens is 2. The second-order valence-corrected chi connectivity index (χ2v) is 4.32. The normalized spacial score (nSPS) is 17.8. The van der Waals surface area contributed by atoms with Gasteiger partial charge in [0.25, 0.3) is 0 Å². The monoisotopic (exact) mass is 241 g/mol. The van der Waals surface area contributed by atoms with Gasteiger partial charge in [-0.25, -0.2) is 13.8 Å². The molecule has 5 heteroatoms. The fourth-order valence-electron chi connectivity index (χ4n) is 2.13. The number of nitrogens with zero attached hydrogens (tertiary/aromatic N) is 2. The molecule has 2 N–H and O–H groups in total. The molecule has 1 unspecified atom stereocenters. The molecule has 0 bridgehead atoms. The third-order valence-electron chi connectivity index (χ3n) is 3.19. The van der Waals surface area contributed by atoms with E-state index in [1.807, 2.05) is 6.07 Å². The third-order valence-corrected chi connectivity index (χ3v) is 3.19. The van der Waals surface area contributed by atoms with Crippen LogP contribution in [0.4, 0.5) is 14.6 Å². The highest BCUT2D eigenvalue weighted by atomic mass is 19.3. The molecule has 0 radical (unpaired) electrons. The highest BCUT2D eigenvalue weighted by molar-refractivity contribution is 5.40. The summed E-state index contributed by atoms with van der Waals surface area (Å²) in [6, 6.07) is 3.52. The van der Waals surface area contributed by atoms with E-state index < -0.39 is 12.3 Å². The van der Waals surface area contributed by atoms with E-state index in [4.69, 9.17) is 5.73 Å². The zero-order valence-electron chi connectivity index (χ0n) is 9.65. The van der Waals surface area contributed by atoms with Crippen molar-refractivity contribution >= 4 is 5.82 Å². The van der Waals surface area contributed by atoms with Gasteiger partial charge in [-0.1, -0.05) is 6.07 Å². The Hall–Kier alpha value is -1.23. The molecule has 0 aliphatic carbocycles. The van der Waals surface area contributed by atoms with E-state index in [2.05, 4.69) is 9.88 Å². The minimum atomic E-state index is -2.43. The Kier molecular flexibility index (Phi) is 3.89. The van der Waals surface area contributed by atoms with Gasteiger partial charge in [0.05, 0.1) is 5.92 Å². The van der Waals surface area contributed by atoms with Crippen molar-refractivity contribution in [2.45, 2.75) is 25.2 Å². The molecule has 94 valence electrons. The standard InChI is InChI=1S/C12H17F2N3/c13-12(14)10(7-15)9-3-4-11(16-8-9)17-5-1-2-6-17/h3-4,8,10,12H,1-2,5-7,15H2. The molecule has 2 rings (SSSR count). The lowest BCUT2D eigenvalue weighted by molar-refractivity contribution is 0.117. The Balaban J connectivity index is 2.11. The van der Waals surface area contributed by atoms with Gasteiger partial charge in [0.1, 0.15) is 5.82 Å². The molecular weight excluding hydrogens is 224 g/mol. The van der Waals surface area contributed by atoms with Crippen LogP contribution in [0, 0.1) is 0 Å². The van der Waals surface area contributed by atoms with Crippen molar-refractivity contribution in [2.24, 2.45) is 5.73 Å². The first-order valence-corrected chi connectivity index (χ1v) is 5.91. The zero-order chi connectivity index (χ0) is 12.3. The zero-order valence-corrected chi connectivity index (χ0v) is 9.65. The minimum absolute atomic E-state index is 0.0532. The molecule has 3 nitrogen and oxygen atoms in total. The van der Waals surface area contributed by atoms with E-state index in [-0.39, 0.29) is 6.54 Å². The summed E-state index contributed by atoms with van der Waals surface area (Å²) in [5.74, 6) is -0.0357. The number of alkyl halides is 2. The molecule has 1 saturated heterocycles. The smallest absolute Gasteiger partial charge is 0.246 e. The predicted octanol–water partition coefficient (Wildman–Crippen LogP) is 1.99. The first-order valence-electron chi connectivity index (χ1n) is 5.91. The number of hydrogen-bond acceptors (Lipinski definition) is 3. The first kappa shape index (κ1) is 12.2. The maximum Gasteiger partial charge on any atom is 0.246 e. The Morgan fingerprint density at radius 1 is 1.29 bits per heavy atom. The minimum Gasteiger partial charge on any atom is -0.357 e. The van der Waals surface area contributed by atoms with Gasteiger partial charge in [-0.15, -0.1) is 0 Å². The van der Waals surface area contributed by atoms with Crippen LogP contribution in [0.5, 0.6) is 0 Å². The van der Waals surface area contributed by atoms with Crippen molar-refractivity contribution in [1.29, 1.82) is 0 Å². The van der Waals surface area contributed by atoms with Gasteiger partial charge < -0.3 is 10.6 Å². The van der Waals surface area contributed by atoms with E-state index in [1.165, 1.54) is 19.0 Å². The molecule has 1 aromatic rings. The van der Waals surface area contributed by atoms with Crippen molar-refractivity contribution in [1.82, 2.24) is 4.98 Å². The van der Waals surface area contributed by atoms with Gasteiger partial charge in [0, 0.05) is 25.8 Å². The van der Waals surface area contributed by atoms with Crippen LogP contribution in [0.3, 0.4) is 0 Å². The maximum absolute atomic E-state index is 12.7. The molecule has 0 aromatic carbocycles. The lowest BCUT2D eigenvalue weighted by Crippen LogP contribution is -2.21. The first-order chi connectivity index (χ1) is 8.22. The molecule has 1 atom stereocenters. The van der Waals surface area contributed by atoms with Crippen LogP contribution in [0.2, 0.25) is 0 Å². The fourth-order valence-corrected chi connectivity index (χ4v) is 2.13. The summed E-state index contributed by atoms with van der Waals surface area (Å²) in [4.78, 5) is 6.42. The van der Waals surface area contributed by atoms with Crippen molar-refractivity contribution in [3.8, 4) is 0 Å². The van der Waals surface area contributed by atoms with Gasteiger partial charge in [0.15, 0.2) is 0 Å². The van der Waals surface area contributed by atoms with Crippen molar-refractivity contribution in [3.63, 3.8) is 0 Å². The molecular formula is C12H17F2N3. The number of hydrogen-bond donors (Lipinski definition) is 1. The average molecular weight is 241 g/mol. The molecule has 1 fully saturated rings. The molecule has 0 amide bonds. The summed E-state index contributed by atoms with van der Waals surface area (Å²) >= 11 is 0. The van der Waals surface area contributed by atoms with E-state index in [1.54, 1.807) is 6.07 Å². The van der Waals surface area contributed by atoms with E-state index >= 15 is 0 Å². The van der Waals surface area contributed by atoms with Crippen molar-refractivity contribution in [3.05, 3.63) is 23.9 Å². The molecule has 1 aliphatic rings. The SMILES string of the molecule is NCC(c1ccc(N2CCCC2)nc1)C(F)F. The average Bonchev–Trinajstić information content (AvgIpc) is 2.84. The van der Waals surface area contributed by atoms with Crippen molar-refractivity contribution in [2.75, 3.05) is 24.5 Å². The Bertz CT molecular complexity index is 347. The van der Waals surface area contributed by atoms with Gasteiger partial charge in [0.2, 0.25) is 6.43 Å². The summed E-state index contributed by atoms with van der Waals surface area (Å²) < 4.78 is 25.3. The molecule has 2 heterocycles. The van der Waals surface area contributed by atoms with Crippen LogP contribution < -0.4 is 10.6 Å². The van der Waals surface area contributed by atoms with Crippen LogP contribution in [0.15, 0.2) is 18.3 Å². The summed E-state index contributed by atoms with van der Waals surface area (Å²) in [5.41, 5.74) is 5.87. The summed E-state index contributed by atoms with van der Waals surface area (Å²) in [7, 11) is 0. The lowest BCUT2D eigenvalue weighted by Gasteiger charge is -2.18. The third kappa shape index (κ3) is 2.72. The van der Waals surface area contributed by atoms with E-state index in [0.29, 0.717) is 5.56 Å². The number of pyridine rings is 1. The number of rotatable bonds is 4. The van der Waals surface area contributed by atoms with Gasteiger partial charge in [-0.3, -0.25) is 0 Å². The molecule has 0 spiro atoms. The second kappa shape index (κ2) is 5.40. The van der Waals surface area contributed by atoms with Crippen molar-refractivity contribution < 1.29 is 8.78 Å².